The SMILES string of the molecule is COc1ccc(-c2cc(-c3ccncc3)nc(N3CC(NC(=O)OC(C)(C)C)C[C@@H](NC(=O)OC(C)(C)C)C3)n2)cc1. The van der Waals surface area contributed by atoms with Crippen molar-refractivity contribution in [2.45, 2.75) is 71.2 Å². The average Bonchev–Trinajstić information content (AvgIpc) is 2.91. The Labute approximate surface area is 247 Å². The van der Waals surface area contributed by atoms with Crippen LogP contribution in [0.4, 0.5) is 15.5 Å². The maximum absolute atomic E-state index is 12.7. The van der Waals surface area contributed by atoms with Gasteiger partial charge in [0.2, 0.25) is 5.95 Å². The van der Waals surface area contributed by atoms with Crippen molar-refractivity contribution < 1.29 is 23.8 Å². The monoisotopic (exact) mass is 576 g/mol. The highest BCUT2D eigenvalue weighted by Gasteiger charge is 2.33. The minimum atomic E-state index is -0.651. The van der Waals surface area contributed by atoms with E-state index in [0.717, 1.165) is 16.9 Å². The Kier molecular flexibility index (Phi) is 9.18. The summed E-state index contributed by atoms with van der Waals surface area (Å²) in [5.41, 5.74) is 1.90. The number of piperidine rings is 1. The van der Waals surface area contributed by atoms with Gasteiger partial charge in [-0.1, -0.05) is 0 Å². The van der Waals surface area contributed by atoms with Gasteiger partial charge in [-0.3, -0.25) is 4.98 Å². The maximum atomic E-state index is 12.7. The molecule has 42 heavy (non-hydrogen) atoms. The van der Waals surface area contributed by atoms with Crippen molar-refractivity contribution in [2.75, 3.05) is 25.1 Å². The van der Waals surface area contributed by atoms with Crippen molar-refractivity contribution in [3.05, 3.63) is 54.9 Å². The van der Waals surface area contributed by atoms with Gasteiger partial charge in [0.1, 0.15) is 17.0 Å². The molecule has 1 aliphatic heterocycles. The zero-order valence-electron chi connectivity index (χ0n) is 25.3. The molecule has 2 N–H and O–H groups in total. The van der Waals surface area contributed by atoms with E-state index >= 15 is 0 Å². The van der Waals surface area contributed by atoms with Crippen molar-refractivity contribution >= 4 is 18.1 Å². The Bertz CT molecular complexity index is 1330. The van der Waals surface area contributed by atoms with E-state index in [0.29, 0.717) is 36.8 Å². The standard InChI is InChI=1S/C31H40N6O5/c1-30(2,3)41-28(38)33-22-16-23(34-29(39)42-31(4,5)6)19-37(18-22)27-35-25(20-8-10-24(40-7)11-9-20)17-26(36-27)21-12-14-32-15-13-21/h8-15,17,22-23H,16,18-19H2,1-7H3,(H,33,38)(H,34,39)/t22-,23?/m1/s1. The second-order valence-electron chi connectivity index (χ2n) is 12.2. The van der Waals surface area contributed by atoms with Crippen LogP contribution in [0.1, 0.15) is 48.0 Å². The number of carbonyl (C=O) groups excluding carboxylic acids is 2. The van der Waals surface area contributed by atoms with E-state index in [2.05, 4.69) is 15.6 Å². The molecule has 1 unspecified atom stereocenters. The molecular formula is C31H40N6O5. The third-order valence-corrected chi connectivity index (χ3v) is 6.25. The normalized spacial score (nSPS) is 17.3. The van der Waals surface area contributed by atoms with Gasteiger partial charge in [-0.2, -0.15) is 0 Å². The molecule has 0 bridgehead atoms. The zero-order chi connectivity index (χ0) is 30.5. The number of benzene rings is 1. The number of hydrogen-bond donors (Lipinski definition) is 2. The minimum absolute atomic E-state index is 0.355. The molecule has 0 spiro atoms. The number of nitrogens with zero attached hydrogens (tertiary/aromatic N) is 4. The van der Waals surface area contributed by atoms with Crippen LogP contribution in [0.5, 0.6) is 5.75 Å². The van der Waals surface area contributed by atoms with E-state index < -0.39 is 23.4 Å². The first-order valence-corrected chi connectivity index (χ1v) is 14.0. The summed E-state index contributed by atoms with van der Waals surface area (Å²) in [6, 6.07) is 12.6. The summed E-state index contributed by atoms with van der Waals surface area (Å²) in [5, 5.41) is 5.92. The first-order valence-electron chi connectivity index (χ1n) is 14.0. The van der Waals surface area contributed by atoms with Gasteiger partial charge in [-0.05, 0) is 90.4 Å². The van der Waals surface area contributed by atoms with Crippen molar-refractivity contribution in [1.29, 1.82) is 0 Å². The highest BCUT2D eigenvalue weighted by Crippen LogP contribution is 2.29. The molecule has 2 amide bonds. The maximum Gasteiger partial charge on any atom is 0.407 e. The fourth-order valence-electron chi connectivity index (χ4n) is 4.58. The second-order valence-corrected chi connectivity index (χ2v) is 12.2. The molecule has 224 valence electrons. The van der Waals surface area contributed by atoms with Crippen LogP contribution in [-0.2, 0) is 9.47 Å². The molecule has 1 aliphatic rings. The number of pyridine rings is 1. The van der Waals surface area contributed by atoms with Gasteiger partial charge in [-0.15, -0.1) is 0 Å². The largest absolute Gasteiger partial charge is 0.497 e. The molecule has 11 heteroatoms. The number of nitrogens with one attached hydrogen (secondary N) is 2. The smallest absolute Gasteiger partial charge is 0.407 e. The number of anilines is 1. The van der Waals surface area contributed by atoms with E-state index in [1.54, 1.807) is 19.5 Å². The van der Waals surface area contributed by atoms with Crippen LogP contribution in [0, 0.1) is 0 Å². The molecule has 2 atom stereocenters. The number of carbonyl (C=O) groups is 2. The highest BCUT2D eigenvalue weighted by atomic mass is 16.6. The summed E-state index contributed by atoms with van der Waals surface area (Å²) in [4.78, 5) is 41.3. The van der Waals surface area contributed by atoms with E-state index in [-0.39, 0.29) is 12.1 Å². The summed E-state index contributed by atoms with van der Waals surface area (Å²) >= 11 is 0. The van der Waals surface area contributed by atoms with Crippen LogP contribution in [0.3, 0.4) is 0 Å². The fourth-order valence-corrected chi connectivity index (χ4v) is 4.58. The van der Waals surface area contributed by atoms with Crippen molar-refractivity contribution in [2.24, 2.45) is 0 Å². The van der Waals surface area contributed by atoms with Crippen LogP contribution in [0.25, 0.3) is 22.5 Å². The lowest BCUT2D eigenvalue weighted by atomic mass is 10.0. The summed E-state index contributed by atoms with van der Waals surface area (Å²) < 4.78 is 16.3. The van der Waals surface area contributed by atoms with Gasteiger partial charge in [0, 0.05) is 36.6 Å². The van der Waals surface area contributed by atoms with Crippen LogP contribution in [0.2, 0.25) is 0 Å². The van der Waals surface area contributed by atoms with E-state index in [1.165, 1.54) is 0 Å². The van der Waals surface area contributed by atoms with Crippen LogP contribution >= 0.6 is 0 Å². The number of alkyl carbamates (subject to hydrolysis) is 2. The van der Waals surface area contributed by atoms with Crippen LogP contribution in [-0.4, -0.2) is 70.6 Å². The third kappa shape index (κ3) is 8.79. The fraction of sp³-hybridized carbons (Fsp3) is 0.452. The van der Waals surface area contributed by atoms with Gasteiger partial charge in [0.25, 0.3) is 0 Å². The van der Waals surface area contributed by atoms with Gasteiger partial charge < -0.3 is 29.7 Å². The van der Waals surface area contributed by atoms with Gasteiger partial charge in [-0.25, -0.2) is 19.6 Å². The lowest BCUT2D eigenvalue weighted by Crippen LogP contribution is -2.58. The molecule has 0 saturated carbocycles. The number of rotatable bonds is 6. The molecule has 0 aliphatic carbocycles. The quantitative estimate of drug-likeness (QED) is 0.406. The zero-order valence-corrected chi connectivity index (χ0v) is 25.3. The average molecular weight is 577 g/mol. The highest BCUT2D eigenvalue weighted by molar-refractivity contribution is 5.71. The third-order valence-electron chi connectivity index (χ3n) is 6.25. The summed E-state index contributed by atoms with van der Waals surface area (Å²) in [7, 11) is 1.62. The summed E-state index contributed by atoms with van der Waals surface area (Å²) in [6.07, 6.45) is 2.84. The lowest BCUT2D eigenvalue weighted by molar-refractivity contribution is 0.0476. The molecule has 1 saturated heterocycles. The molecule has 4 rings (SSSR count). The summed E-state index contributed by atoms with van der Waals surface area (Å²) in [6.45, 7) is 11.7. The minimum Gasteiger partial charge on any atom is -0.497 e. The lowest BCUT2D eigenvalue weighted by Gasteiger charge is -2.38. The van der Waals surface area contributed by atoms with Gasteiger partial charge in [0.05, 0.1) is 30.6 Å². The van der Waals surface area contributed by atoms with Crippen molar-refractivity contribution in [3.8, 4) is 28.3 Å². The molecule has 0 radical (unpaired) electrons. The Morgan fingerprint density at radius 3 is 1.71 bits per heavy atom. The molecule has 2 aromatic heterocycles. The Morgan fingerprint density at radius 2 is 1.26 bits per heavy atom. The van der Waals surface area contributed by atoms with Gasteiger partial charge >= 0.3 is 12.2 Å². The van der Waals surface area contributed by atoms with E-state index in [4.69, 9.17) is 24.2 Å². The van der Waals surface area contributed by atoms with Crippen molar-refractivity contribution in [3.63, 3.8) is 0 Å². The summed E-state index contributed by atoms with van der Waals surface area (Å²) in [5.74, 6) is 1.20. The number of ether oxygens (including phenoxy) is 3. The van der Waals surface area contributed by atoms with Crippen LogP contribution in [0.15, 0.2) is 54.9 Å². The number of aromatic nitrogens is 3. The number of amides is 2. The molecular weight excluding hydrogens is 536 g/mol. The Balaban J connectivity index is 1.69. The van der Waals surface area contributed by atoms with Crippen molar-refractivity contribution in [1.82, 2.24) is 25.6 Å². The predicted octanol–water partition coefficient (Wildman–Crippen LogP) is 5.21. The first-order chi connectivity index (χ1) is 19.8. The van der Waals surface area contributed by atoms with E-state index in [9.17, 15) is 9.59 Å². The van der Waals surface area contributed by atoms with Crippen LogP contribution < -0.4 is 20.3 Å². The molecule has 3 heterocycles. The molecule has 1 fully saturated rings. The topological polar surface area (TPSA) is 128 Å². The Morgan fingerprint density at radius 1 is 0.786 bits per heavy atom. The second kappa shape index (κ2) is 12.6. The molecule has 3 aromatic rings. The number of methoxy groups -OCH3 is 1. The first kappa shape index (κ1) is 30.5. The molecule has 11 nitrogen and oxygen atoms in total. The number of hydrogen-bond acceptors (Lipinski definition) is 9. The predicted molar refractivity (Wildman–Crippen MR) is 160 cm³/mol. The Hall–Kier alpha value is -4.41. The van der Waals surface area contributed by atoms with E-state index in [1.807, 2.05) is 88.9 Å². The molecule has 1 aromatic carbocycles. The van der Waals surface area contributed by atoms with Gasteiger partial charge in [0.15, 0.2) is 0 Å².